The van der Waals surface area contributed by atoms with E-state index in [2.05, 4.69) is 158 Å². The van der Waals surface area contributed by atoms with Crippen molar-refractivity contribution in [2.24, 2.45) is 0 Å². The summed E-state index contributed by atoms with van der Waals surface area (Å²) in [6.07, 6.45) is 0. The predicted molar refractivity (Wildman–Crippen MR) is 327 cm³/mol. The Kier molecular flexibility index (Phi) is 9.12. The fraction of sp³-hybridized carbons (Fsp3) is 0.0263. The maximum absolute atomic E-state index is 17.0. The van der Waals surface area contributed by atoms with E-state index < -0.39 is 10.8 Å². The van der Waals surface area contributed by atoms with Gasteiger partial charge in [0.2, 0.25) is 0 Å². The number of para-hydroxylation sites is 6. The molecule has 0 atom stereocenters. The minimum absolute atomic E-state index is 0.355. The highest BCUT2D eigenvalue weighted by molar-refractivity contribution is 6.20. The van der Waals surface area contributed by atoms with Crippen molar-refractivity contribution in [2.75, 3.05) is 9.80 Å². The summed E-state index contributed by atoms with van der Waals surface area (Å²) in [5, 5.41) is 3.89. The van der Waals surface area contributed by atoms with E-state index in [1.807, 2.05) is 94.7 Å². The molecule has 0 unspecified atom stereocenters. The minimum Gasteiger partial charge on any atom is -0.454 e. The van der Waals surface area contributed by atoms with Gasteiger partial charge in [0, 0.05) is 32.9 Å². The van der Waals surface area contributed by atoms with Crippen LogP contribution in [0.15, 0.2) is 276 Å². The monoisotopic (exact) mass is 1050 g/mol. The summed E-state index contributed by atoms with van der Waals surface area (Å²) in [5.41, 5.74) is 21.1. The zero-order valence-corrected chi connectivity index (χ0v) is 43.9. The van der Waals surface area contributed by atoms with Crippen molar-refractivity contribution in [3.05, 3.63) is 323 Å². The normalized spacial score (nSPS) is 14.4. The Hall–Kier alpha value is -10.6. The fourth-order valence-electron chi connectivity index (χ4n) is 15.2. The number of halogens is 2. The highest BCUT2D eigenvalue weighted by atomic mass is 19.1. The second kappa shape index (κ2) is 16.5. The van der Waals surface area contributed by atoms with E-state index in [9.17, 15) is 0 Å². The molecule has 6 heteroatoms. The van der Waals surface area contributed by atoms with E-state index in [1.165, 1.54) is 45.5 Å². The van der Waals surface area contributed by atoms with E-state index in [-0.39, 0.29) is 11.6 Å². The van der Waals surface area contributed by atoms with Gasteiger partial charge >= 0.3 is 0 Å². The quantitative estimate of drug-likeness (QED) is 0.166. The zero-order valence-electron chi connectivity index (χ0n) is 43.9. The van der Waals surface area contributed by atoms with Crippen LogP contribution in [0.2, 0.25) is 0 Å². The lowest BCUT2D eigenvalue weighted by Crippen LogP contribution is -2.29. The first kappa shape index (κ1) is 45.3. The molecule has 4 aliphatic rings. The van der Waals surface area contributed by atoms with Crippen LogP contribution in [0.25, 0.3) is 77.3 Å². The first-order valence-corrected chi connectivity index (χ1v) is 27.9. The van der Waals surface area contributed by atoms with Gasteiger partial charge in [-0.1, -0.05) is 194 Å². The molecule has 0 saturated carbocycles. The Balaban J connectivity index is 0.961. The average molecular weight is 1060 g/mol. The molecular weight excluding hydrogens is 1010 g/mol. The van der Waals surface area contributed by atoms with E-state index in [1.54, 1.807) is 12.1 Å². The van der Waals surface area contributed by atoms with Crippen molar-refractivity contribution in [3.63, 3.8) is 0 Å². The van der Waals surface area contributed by atoms with E-state index >= 15 is 8.78 Å². The molecule has 4 aliphatic carbocycles. The number of allylic oxidation sites excluding steroid dienone is 2. The summed E-state index contributed by atoms with van der Waals surface area (Å²) in [6, 6.07) is 91.7. The molecule has 0 amide bonds. The number of rotatable bonds is 6. The molecular formula is C76H44F2N2O2. The van der Waals surface area contributed by atoms with Crippen LogP contribution in [0.4, 0.5) is 42.9 Å². The molecule has 0 aliphatic heterocycles. The number of benzene rings is 12. The number of anilines is 6. The van der Waals surface area contributed by atoms with Crippen LogP contribution in [0.1, 0.15) is 44.5 Å². The second-order valence-corrected chi connectivity index (χ2v) is 22.0. The molecule has 82 heavy (non-hydrogen) atoms. The summed E-state index contributed by atoms with van der Waals surface area (Å²) >= 11 is 0. The number of hydrogen-bond acceptors (Lipinski definition) is 4. The van der Waals surface area contributed by atoms with Crippen molar-refractivity contribution in [1.82, 2.24) is 0 Å². The van der Waals surface area contributed by atoms with Crippen molar-refractivity contribution in [3.8, 4) is 22.3 Å². The SMILES string of the molecule is Fc1ccccc1N(c1ccc2c(c1)C1(C3=C2C2(c4cc(N(c5ccccc5F)c5cccc6c5oc5ccccc56)ccc43)c3ccccc3-c3ccccc32)c2ccccc2-c2ccccc21)c1cccc2c1oc1ccccc12. The van der Waals surface area contributed by atoms with E-state index in [0.717, 1.165) is 100.0 Å². The Labute approximate surface area is 470 Å². The summed E-state index contributed by atoms with van der Waals surface area (Å²) in [5.74, 6) is -0.710. The summed E-state index contributed by atoms with van der Waals surface area (Å²) in [7, 11) is 0. The lowest BCUT2D eigenvalue weighted by atomic mass is 9.66. The average Bonchev–Trinajstić information content (AvgIpc) is 1.49. The van der Waals surface area contributed by atoms with Crippen LogP contribution in [0.5, 0.6) is 0 Å². The van der Waals surface area contributed by atoms with Crippen LogP contribution in [0, 0.1) is 11.6 Å². The maximum atomic E-state index is 17.0. The van der Waals surface area contributed by atoms with Crippen LogP contribution in [-0.2, 0) is 10.8 Å². The molecule has 0 N–H and O–H groups in total. The van der Waals surface area contributed by atoms with Crippen LogP contribution >= 0.6 is 0 Å². The van der Waals surface area contributed by atoms with Gasteiger partial charge in [-0.05, 0) is 151 Å². The van der Waals surface area contributed by atoms with E-state index in [4.69, 9.17) is 8.83 Å². The van der Waals surface area contributed by atoms with Gasteiger partial charge in [-0.2, -0.15) is 0 Å². The Morgan fingerprint density at radius 2 is 0.598 bits per heavy atom. The topological polar surface area (TPSA) is 32.8 Å². The lowest BCUT2D eigenvalue weighted by Gasteiger charge is -2.36. The van der Waals surface area contributed by atoms with Crippen molar-refractivity contribution in [1.29, 1.82) is 0 Å². The molecule has 0 radical (unpaired) electrons. The lowest BCUT2D eigenvalue weighted by molar-refractivity contribution is 0.628. The van der Waals surface area contributed by atoms with Crippen LogP contribution in [0.3, 0.4) is 0 Å². The number of fused-ring (bicyclic) bond motifs is 24. The molecule has 0 fully saturated rings. The molecule has 2 heterocycles. The minimum atomic E-state index is -0.878. The predicted octanol–water partition coefficient (Wildman–Crippen LogP) is 20.3. The van der Waals surface area contributed by atoms with Gasteiger partial charge in [0.25, 0.3) is 0 Å². The molecule has 4 nitrogen and oxygen atoms in total. The molecule has 14 aromatic rings. The van der Waals surface area contributed by atoms with Gasteiger partial charge in [-0.25, -0.2) is 8.78 Å². The standard InChI is InChI=1S/C76H44F2N2O2/c77-63-31-11-13-33-65(63)79(67-35-17-25-53-51-23-5-15-37-69(51)81-73(53)67)45-39-41-55-61(43-45)75(57-27-7-1-19-47(57)48-20-2-8-28-58(48)75)71-56-42-40-46(44-62(56)76(72(55)71)59-29-9-3-21-49(59)50-22-4-10-30-60(50)76)80(66-34-14-12-32-64(66)78)68-36-18-26-54-52-24-6-16-38-70(52)82-74(54)68/h1-44H. The van der Waals surface area contributed by atoms with Gasteiger partial charge in [0.05, 0.1) is 33.6 Å². The largest absolute Gasteiger partial charge is 0.454 e. The van der Waals surface area contributed by atoms with Crippen molar-refractivity contribution in [2.45, 2.75) is 10.8 Å². The Morgan fingerprint density at radius 3 is 1.00 bits per heavy atom. The first-order valence-electron chi connectivity index (χ1n) is 27.9. The zero-order chi connectivity index (χ0) is 54.0. The molecule has 0 saturated heterocycles. The van der Waals surface area contributed by atoms with Crippen LogP contribution in [-0.4, -0.2) is 0 Å². The van der Waals surface area contributed by atoms with Gasteiger partial charge in [-0.3, -0.25) is 0 Å². The summed E-state index contributed by atoms with van der Waals surface area (Å²) < 4.78 is 47.5. The van der Waals surface area contributed by atoms with Crippen molar-refractivity contribution >= 4 is 89.1 Å². The molecule has 384 valence electrons. The molecule has 2 spiro atoms. The number of hydrogen-bond donors (Lipinski definition) is 0. The van der Waals surface area contributed by atoms with Gasteiger partial charge in [0.1, 0.15) is 22.8 Å². The maximum Gasteiger partial charge on any atom is 0.159 e. The smallest absolute Gasteiger partial charge is 0.159 e. The third-order valence-electron chi connectivity index (χ3n) is 18.2. The van der Waals surface area contributed by atoms with Gasteiger partial charge in [-0.15, -0.1) is 0 Å². The number of nitrogens with zero attached hydrogens (tertiary/aromatic N) is 2. The Bertz CT molecular complexity index is 4730. The van der Waals surface area contributed by atoms with Gasteiger partial charge in [0.15, 0.2) is 11.2 Å². The van der Waals surface area contributed by atoms with E-state index in [0.29, 0.717) is 22.5 Å². The Morgan fingerprint density at radius 1 is 0.268 bits per heavy atom. The highest BCUT2D eigenvalue weighted by Gasteiger charge is 2.63. The molecule has 12 aromatic carbocycles. The first-order chi connectivity index (χ1) is 40.5. The third kappa shape index (κ3) is 5.67. The summed E-state index contributed by atoms with van der Waals surface area (Å²) in [4.78, 5) is 4.08. The van der Waals surface area contributed by atoms with Gasteiger partial charge < -0.3 is 18.6 Å². The fourth-order valence-corrected chi connectivity index (χ4v) is 15.2. The second-order valence-electron chi connectivity index (χ2n) is 22.0. The summed E-state index contributed by atoms with van der Waals surface area (Å²) in [6.45, 7) is 0. The molecule has 18 rings (SSSR count). The molecule has 0 bridgehead atoms. The van der Waals surface area contributed by atoms with Crippen LogP contribution < -0.4 is 9.80 Å². The highest BCUT2D eigenvalue weighted by Crippen LogP contribution is 2.75. The molecule has 2 aromatic heterocycles. The number of furan rings is 2. The third-order valence-corrected chi connectivity index (χ3v) is 18.2. The van der Waals surface area contributed by atoms with Crippen molar-refractivity contribution < 1.29 is 17.6 Å².